The summed E-state index contributed by atoms with van der Waals surface area (Å²) in [5.41, 5.74) is 8.07. The van der Waals surface area contributed by atoms with Gasteiger partial charge in [-0.2, -0.15) is 0 Å². The van der Waals surface area contributed by atoms with Gasteiger partial charge >= 0.3 is 25.4 Å². The zero-order valence-corrected chi connectivity index (χ0v) is 36.0. The number of nitrogens with zero attached hydrogens (tertiary/aromatic N) is 8. The predicted octanol–water partition coefficient (Wildman–Crippen LogP) is 9.72. The Balaban J connectivity index is 0.00000441. The van der Waals surface area contributed by atoms with Gasteiger partial charge in [-0.3, -0.25) is 0 Å². The SMILES string of the molecule is CC(C)(C)c1ccc2c(c1)-c1nc-2nc2[n-]c(nc3nc(nc4[n-]c(n1)c1ccc(C(=O)O)cc41)-c1ccc(C(C)(C)C)cc1-3)c1ccc(C(C)(C)C)cc21.[Zn+2]. The summed E-state index contributed by atoms with van der Waals surface area (Å²) in [6.07, 6.45) is 0. The van der Waals surface area contributed by atoms with Gasteiger partial charge in [0.1, 0.15) is 0 Å². The molecule has 56 heavy (non-hydrogen) atoms. The predicted molar refractivity (Wildman–Crippen MR) is 217 cm³/mol. The summed E-state index contributed by atoms with van der Waals surface area (Å²) in [5, 5.41) is 12.9. The molecule has 4 aromatic carbocycles. The van der Waals surface area contributed by atoms with Crippen LogP contribution in [0.3, 0.4) is 0 Å². The third kappa shape index (κ3) is 6.18. The fourth-order valence-corrected chi connectivity index (χ4v) is 7.20. The zero-order chi connectivity index (χ0) is 38.8. The first-order valence-corrected chi connectivity index (χ1v) is 18.5. The van der Waals surface area contributed by atoms with Crippen molar-refractivity contribution in [3.8, 4) is 45.6 Å². The Labute approximate surface area is 337 Å². The number of hydrogen-bond donors (Lipinski definition) is 1. The normalized spacial score (nSPS) is 12.7. The van der Waals surface area contributed by atoms with Crippen molar-refractivity contribution in [3.05, 3.63) is 95.1 Å². The maximum Gasteiger partial charge on any atom is 2.00 e. The van der Waals surface area contributed by atoms with E-state index >= 15 is 0 Å². The number of rotatable bonds is 1. The number of carboxylic acid groups (broad SMARTS) is 1. The minimum atomic E-state index is -1.05. The van der Waals surface area contributed by atoms with Crippen LogP contribution in [0.5, 0.6) is 0 Å². The number of aromatic carboxylic acids is 1. The molecular weight excluding hydrogens is 750 g/mol. The molecule has 5 heterocycles. The van der Waals surface area contributed by atoms with Crippen LogP contribution < -0.4 is 9.97 Å². The Morgan fingerprint density at radius 1 is 0.446 bits per heavy atom. The number of benzene rings is 4. The van der Waals surface area contributed by atoms with E-state index < -0.39 is 5.97 Å². The summed E-state index contributed by atoms with van der Waals surface area (Å²) in [6, 6.07) is 23.7. The van der Waals surface area contributed by atoms with E-state index in [9.17, 15) is 9.90 Å². The van der Waals surface area contributed by atoms with Gasteiger partial charge in [0, 0.05) is 44.8 Å². The van der Waals surface area contributed by atoms with E-state index in [0.29, 0.717) is 56.7 Å². The first-order chi connectivity index (χ1) is 25.9. The van der Waals surface area contributed by atoms with Gasteiger partial charge in [0.15, 0.2) is 0 Å². The second-order valence-corrected chi connectivity index (χ2v) is 17.6. The third-order valence-corrected chi connectivity index (χ3v) is 10.5. The monoisotopic (exact) mass is 788 g/mol. The first kappa shape index (κ1) is 37.3. The Bertz CT molecular complexity index is 2960. The first-order valence-electron chi connectivity index (χ1n) is 18.5. The van der Waals surface area contributed by atoms with Crippen molar-refractivity contribution in [2.24, 2.45) is 0 Å². The van der Waals surface area contributed by atoms with Crippen LogP contribution in [-0.4, -0.2) is 41.0 Å². The summed E-state index contributed by atoms with van der Waals surface area (Å²) < 4.78 is 0. The molecule has 274 valence electrons. The summed E-state index contributed by atoms with van der Waals surface area (Å²) in [4.78, 5) is 52.7. The van der Waals surface area contributed by atoms with Crippen molar-refractivity contribution in [3.63, 3.8) is 0 Å². The van der Waals surface area contributed by atoms with Crippen molar-refractivity contribution in [2.75, 3.05) is 0 Å². The molecule has 0 amide bonds. The van der Waals surface area contributed by atoms with Crippen molar-refractivity contribution in [2.45, 2.75) is 78.6 Å². The summed E-state index contributed by atoms with van der Waals surface area (Å²) in [7, 11) is 0. The maximum atomic E-state index is 12.2. The standard InChI is InChI=1S/C45H41N8O2.Zn/c1-43(2,3)23-11-15-27-31(19-23)40-49-35(27)47-38-30-18-22(42(54)55)10-14-26(30)34(46-38)48-39-32-20-24(44(4,5)6)12-16-28(32)36(50-39)52-41-33-21-25(45(7,8)9)13-17-29(33)37(51-40)53-41;/h10-21H,1-9H3,(H2-,46,47,48,49,50,51,52,53,54,55);/q-1;+2/p-1. The van der Waals surface area contributed by atoms with E-state index in [2.05, 4.69) is 111 Å². The maximum absolute atomic E-state index is 12.2. The van der Waals surface area contributed by atoms with E-state index in [4.69, 9.17) is 39.9 Å². The molecule has 0 spiro atoms. The van der Waals surface area contributed by atoms with Gasteiger partial charge < -0.3 is 35.0 Å². The van der Waals surface area contributed by atoms with Crippen molar-refractivity contribution in [1.82, 2.24) is 39.9 Å². The minimum absolute atomic E-state index is 0. The number of fused-ring (bicyclic) bond motifs is 20. The molecule has 0 atom stereocenters. The van der Waals surface area contributed by atoms with E-state index in [1.165, 1.54) is 0 Å². The van der Waals surface area contributed by atoms with Gasteiger partial charge in [-0.1, -0.05) is 105 Å². The largest absolute Gasteiger partial charge is 2.00 e. The van der Waals surface area contributed by atoms with Crippen LogP contribution in [0.25, 0.3) is 89.7 Å². The van der Waals surface area contributed by atoms with Crippen molar-refractivity contribution < 1.29 is 29.4 Å². The van der Waals surface area contributed by atoms with Crippen LogP contribution in [0, 0.1) is 0 Å². The molecule has 2 aliphatic rings. The number of aromatic nitrogens is 8. The van der Waals surface area contributed by atoms with Crippen LogP contribution in [0.2, 0.25) is 0 Å². The molecule has 0 saturated heterocycles. The molecule has 1 N–H and O–H groups in total. The van der Waals surface area contributed by atoms with Crippen LogP contribution >= 0.6 is 0 Å². The van der Waals surface area contributed by atoms with Crippen molar-refractivity contribution in [1.29, 1.82) is 0 Å². The summed E-state index contributed by atoms with van der Waals surface area (Å²) >= 11 is 0. The number of carbonyl (C=O) groups is 1. The number of hydrogen-bond acceptors (Lipinski definition) is 7. The quantitative estimate of drug-likeness (QED) is 0.160. The van der Waals surface area contributed by atoms with Crippen LogP contribution in [0.1, 0.15) is 89.4 Å². The van der Waals surface area contributed by atoms with Gasteiger partial charge in [-0.05, 0) is 84.8 Å². The Kier molecular flexibility index (Phi) is 8.44. The second kappa shape index (κ2) is 12.7. The van der Waals surface area contributed by atoms with E-state index in [1.807, 2.05) is 6.07 Å². The molecule has 8 bridgehead atoms. The van der Waals surface area contributed by atoms with Gasteiger partial charge in [0.2, 0.25) is 0 Å². The molecule has 0 aliphatic carbocycles. The number of carboxylic acids is 1. The van der Waals surface area contributed by atoms with Gasteiger partial charge in [-0.25, -0.2) is 14.8 Å². The molecule has 2 aliphatic heterocycles. The molecule has 0 saturated carbocycles. The average Bonchev–Trinajstić information content (AvgIpc) is 3.85. The van der Waals surface area contributed by atoms with Crippen LogP contribution in [0.15, 0.2) is 72.8 Å². The zero-order valence-electron chi connectivity index (χ0n) is 33.1. The van der Waals surface area contributed by atoms with E-state index in [1.54, 1.807) is 18.2 Å². The van der Waals surface area contributed by atoms with Crippen LogP contribution in [-0.2, 0) is 35.7 Å². The van der Waals surface area contributed by atoms with Gasteiger partial charge in [-0.15, -0.1) is 0 Å². The molecule has 0 fully saturated rings. The molecule has 9 rings (SSSR count). The Hall–Kier alpha value is -5.67. The molecule has 11 heteroatoms. The second-order valence-electron chi connectivity index (χ2n) is 17.6. The Morgan fingerprint density at radius 2 is 0.804 bits per heavy atom. The molecule has 3 aromatic heterocycles. The van der Waals surface area contributed by atoms with Gasteiger partial charge in [0.25, 0.3) is 0 Å². The van der Waals surface area contributed by atoms with E-state index in [-0.39, 0.29) is 41.3 Å². The van der Waals surface area contributed by atoms with E-state index in [0.717, 1.165) is 49.7 Å². The summed E-state index contributed by atoms with van der Waals surface area (Å²) in [6.45, 7) is 19.6. The molecular formula is C45H40N8O2Zn. The fraction of sp³-hybridized carbons (Fsp3) is 0.267. The minimum Gasteiger partial charge on any atom is -0.478 e. The van der Waals surface area contributed by atoms with Gasteiger partial charge in [0.05, 0.1) is 28.9 Å². The molecule has 0 radical (unpaired) electrons. The molecule has 10 nitrogen and oxygen atoms in total. The fourth-order valence-electron chi connectivity index (χ4n) is 7.20. The summed E-state index contributed by atoms with van der Waals surface area (Å²) in [5.74, 6) is 0.768. The smallest absolute Gasteiger partial charge is 0.478 e. The van der Waals surface area contributed by atoms with Crippen molar-refractivity contribution >= 4 is 50.1 Å². The topological polar surface area (TPSA) is 143 Å². The third-order valence-electron chi connectivity index (χ3n) is 10.5. The average molecular weight is 790 g/mol. The van der Waals surface area contributed by atoms with Crippen LogP contribution in [0.4, 0.5) is 0 Å². The molecule has 7 aromatic rings. The Morgan fingerprint density at radius 3 is 1.23 bits per heavy atom. The molecule has 0 unspecified atom stereocenters.